The summed E-state index contributed by atoms with van der Waals surface area (Å²) in [4.78, 5) is 11.6. The summed E-state index contributed by atoms with van der Waals surface area (Å²) in [5.41, 5.74) is 6.31. The second-order valence-electron chi connectivity index (χ2n) is 3.91. The Hall–Kier alpha value is -1.06. The smallest absolute Gasteiger partial charge is 0.224 e. The van der Waals surface area contributed by atoms with Gasteiger partial charge in [0.2, 0.25) is 5.91 Å². The Morgan fingerprint density at radius 2 is 2.19 bits per heavy atom. The lowest BCUT2D eigenvalue weighted by Crippen LogP contribution is -2.32. The molecule has 0 saturated carbocycles. The second-order valence-corrected chi connectivity index (χ2v) is 4.32. The van der Waals surface area contributed by atoms with Gasteiger partial charge in [-0.2, -0.15) is 0 Å². The van der Waals surface area contributed by atoms with E-state index in [1.54, 1.807) is 6.07 Å². The normalized spacial score (nSPS) is 12.2. The molecular formula is C12H17ClN2O. The van der Waals surface area contributed by atoms with E-state index in [1.807, 2.05) is 25.1 Å². The number of hydrogen-bond acceptors (Lipinski definition) is 2. The van der Waals surface area contributed by atoms with Crippen molar-refractivity contribution in [2.24, 2.45) is 11.7 Å². The number of nitrogens with two attached hydrogens (primary N) is 1. The van der Waals surface area contributed by atoms with Crippen LogP contribution >= 0.6 is 11.6 Å². The molecule has 1 amide bonds. The van der Waals surface area contributed by atoms with Gasteiger partial charge in [-0.3, -0.25) is 4.79 Å². The van der Waals surface area contributed by atoms with Gasteiger partial charge in [0, 0.05) is 11.6 Å². The van der Waals surface area contributed by atoms with Crippen LogP contribution in [-0.4, -0.2) is 19.0 Å². The highest BCUT2D eigenvalue weighted by atomic mass is 35.5. The molecule has 1 aromatic carbocycles. The topological polar surface area (TPSA) is 55.1 Å². The molecule has 16 heavy (non-hydrogen) atoms. The van der Waals surface area contributed by atoms with Crippen LogP contribution in [0.3, 0.4) is 0 Å². The highest BCUT2D eigenvalue weighted by molar-refractivity contribution is 6.31. The predicted octanol–water partition coefficient (Wildman–Crippen LogP) is 1.59. The molecule has 0 aliphatic rings. The predicted molar refractivity (Wildman–Crippen MR) is 66.4 cm³/mol. The van der Waals surface area contributed by atoms with Crippen LogP contribution in [0.25, 0.3) is 0 Å². The highest BCUT2D eigenvalue weighted by Crippen LogP contribution is 2.15. The molecule has 3 N–H and O–H groups in total. The van der Waals surface area contributed by atoms with Crippen LogP contribution < -0.4 is 11.1 Å². The zero-order valence-electron chi connectivity index (χ0n) is 9.37. The fraction of sp³-hybridized carbons (Fsp3) is 0.417. The molecule has 0 spiro atoms. The maximum absolute atomic E-state index is 11.6. The van der Waals surface area contributed by atoms with Crippen molar-refractivity contribution in [3.05, 3.63) is 34.9 Å². The number of carbonyl (C=O) groups excluding carboxylic acids is 1. The summed E-state index contributed by atoms with van der Waals surface area (Å²) in [6, 6.07) is 7.36. The summed E-state index contributed by atoms with van der Waals surface area (Å²) in [5, 5.41) is 3.46. The Balaban J connectivity index is 2.43. The van der Waals surface area contributed by atoms with E-state index in [9.17, 15) is 4.79 Å². The minimum Gasteiger partial charge on any atom is -0.355 e. The van der Waals surface area contributed by atoms with Crippen molar-refractivity contribution in [2.45, 2.75) is 13.3 Å². The van der Waals surface area contributed by atoms with Gasteiger partial charge in [-0.05, 0) is 24.1 Å². The summed E-state index contributed by atoms with van der Waals surface area (Å²) < 4.78 is 0. The molecule has 0 fully saturated rings. The molecule has 3 nitrogen and oxygen atoms in total. The molecule has 4 heteroatoms. The van der Waals surface area contributed by atoms with Crippen molar-refractivity contribution in [3.8, 4) is 0 Å². The number of halogens is 1. The van der Waals surface area contributed by atoms with Gasteiger partial charge >= 0.3 is 0 Å². The standard InChI is InChI=1S/C12H17ClN2O/c1-9(7-14)8-15-12(16)6-10-4-2-3-5-11(10)13/h2-5,9H,6-8,14H2,1H3,(H,15,16). The number of carbonyl (C=O) groups is 1. The first-order chi connectivity index (χ1) is 7.63. The first kappa shape index (κ1) is 13.0. The third kappa shape index (κ3) is 4.21. The minimum absolute atomic E-state index is 0.0200. The average molecular weight is 241 g/mol. The summed E-state index contributed by atoms with van der Waals surface area (Å²) in [7, 11) is 0. The Labute approximate surface area is 101 Å². The lowest BCUT2D eigenvalue weighted by atomic mass is 10.1. The average Bonchev–Trinajstić information content (AvgIpc) is 2.29. The zero-order chi connectivity index (χ0) is 12.0. The van der Waals surface area contributed by atoms with E-state index in [-0.39, 0.29) is 5.91 Å². The Morgan fingerprint density at radius 3 is 2.81 bits per heavy atom. The van der Waals surface area contributed by atoms with Crippen molar-refractivity contribution in [1.29, 1.82) is 0 Å². The van der Waals surface area contributed by atoms with Crippen molar-refractivity contribution in [2.75, 3.05) is 13.1 Å². The molecule has 0 saturated heterocycles. The molecular weight excluding hydrogens is 224 g/mol. The van der Waals surface area contributed by atoms with Crippen LogP contribution in [0.4, 0.5) is 0 Å². The molecule has 1 unspecified atom stereocenters. The first-order valence-electron chi connectivity index (χ1n) is 5.33. The number of nitrogens with one attached hydrogen (secondary N) is 1. The number of hydrogen-bond donors (Lipinski definition) is 2. The summed E-state index contributed by atoms with van der Waals surface area (Å²) in [6.45, 7) is 3.18. The fourth-order valence-corrected chi connectivity index (χ4v) is 1.45. The van der Waals surface area contributed by atoms with E-state index in [0.29, 0.717) is 30.5 Å². The fourth-order valence-electron chi connectivity index (χ4n) is 1.25. The summed E-state index contributed by atoms with van der Waals surface area (Å²) >= 11 is 5.96. The molecule has 0 radical (unpaired) electrons. The number of amides is 1. The summed E-state index contributed by atoms with van der Waals surface area (Å²) in [6.07, 6.45) is 0.316. The minimum atomic E-state index is -0.0200. The third-order valence-corrected chi connectivity index (χ3v) is 2.73. The van der Waals surface area contributed by atoms with Gasteiger partial charge in [0.15, 0.2) is 0 Å². The third-order valence-electron chi connectivity index (χ3n) is 2.36. The molecule has 0 heterocycles. The van der Waals surface area contributed by atoms with Gasteiger partial charge in [-0.25, -0.2) is 0 Å². The number of benzene rings is 1. The van der Waals surface area contributed by atoms with Crippen LogP contribution in [0.15, 0.2) is 24.3 Å². The molecule has 88 valence electrons. The van der Waals surface area contributed by atoms with Gasteiger partial charge in [0.1, 0.15) is 0 Å². The van der Waals surface area contributed by atoms with Crippen molar-refractivity contribution in [3.63, 3.8) is 0 Å². The lowest BCUT2D eigenvalue weighted by molar-refractivity contribution is -0.120. The van der Waals surface area contributed by atoms with Gasteiger partial charge < -0.3 is 11.1 Å². The van der Waals surface area contributed by atoms with Gasteiger partial charge in [0.05, 0.1) is 6.42 Å². The highest BCUT2D eigenvalue weighted by Gasteiger charge is 2.07. The van der Waals surface area contributed by atoms with Crippen LogP contribution in [-0.2, 0) is 11.2 Å². The Morgan fingerprint density at radius 1 is 1.50 bits per heavy atom. The van der Waals surface area contributed by atoms with E-state index in [0.717, 1.165) is 5.56 Å². The Bertz CT molecular complexity index is 355. The van der Waals surface area contributed by atoms with Crippen LogP contribution in [0.1, 0.15) is 12.5 Å². The Kier molecular flexibility index (Phi) is 5.29. The van der Waals surface area contributed by atoms with E-state index < -0.39 is 0 Å². The van der Waals surface area contributed by atoms with Gasteiger partial charge in [-0.15, -0.1) is 0 Å². The quantitative estimate of drug-likeness (QED) is 0.821. The van der Waals surface area contributed by atoms with Crippen LogP contribution in [0.5, 0.6) is 0 Å². The zero-order valence-corrected chi connectivity index (χ0v) is 10.1. The van der Waals surface area contributed by atoms with Crippen molar-refractivity contribution >= 4 is 17.5 Å². The molecule has 1 aromatic rings. The molecule has 1 atom stereocenters. The molecule has 1 rings (SSSR count). The lowest BCUT2D eigenvalue weighted by Gasteiger charge is -2.10. The van der Waals surface area contributed by atoms with E-state index >= 15 is 0 Å². The first-order valence-corrected chi connectivity index (χ1v) is 5.71. The summed E-state index contributed by atoms with van der Waals surface area (Å²) in [5.74, 6) is 0.281. The van der Waals surface area contributed by atoms with E-state index in [2.05, 4.69) is 5.32 Å². The maximum atomic E-state index is 11.6. The van der Waals surface area contributed by atoms with Crippen LogP contribution in [0, 0.1) is 5.92 Å². The number of rotatable bonds is 5. The molecule has 0 aliphatic carbocycles. The SMILES string of the molecule is CC(CN)CNC(=O)Cc1ccccc1Cl. The van der Waals surface area contributed by atoms with E-state index in [4.69, 9.17) is 17.3 Å². The van der Waals surface area contributed by atoms with Gasteiger partial charge in [-0.1, -0.05) is 36.7 Å². The van der Waals surface area contributed by atoms with Crippen molar-refractivity contribution in [1.82, 2.24) is 5.32 Å². The molecule has 0 aliphatic heterocycles. The van der Waals surface area contributed by atoms with Crippen LogP contribution in [0.2, 0.25) is 5.02 Å². The largest absolute Gasteiger partial charge is 0.355 e. The second kappa shape index (κ2) is 6.51. The monoisotopic (exact) mass is 240 g/mol. The van der Waals surface area contributed by atoms with Gasteiger partial charge in [0.25, 0.3) is 0 Å². The van der Waals surface area contributed by atoms with Crippen molar-refractivity contribution < 1.29 is 4.79 Å². The molecule has 0 bridgehead atoms. The molecule has 0 aromatic heterocycles. The maximum Gasteiger partial charge on any atom is 0.224 e. The van der Waals surface area contributed by atoms with E-state index in [1.165, 1.54) is 0 Å².